The molecule has 28 heavy (non-hydrogen) atoms. The first-order chi connectivity index (χ1) is 13.4. The fraction of sp³-hybridized carbons (Fsp3) is 0.200. The van der Waals surface area contributed by atoms with Gasteiger partial charge in [0.25, 0.3) is 0 Å². The number of nitrogens with zero attached hydrogens (tertiary/aromatic N) is 2. The van der Waals surface area contributed by atoms with Crippen molar-refractivity contribution in [1.82, 2.24) is 9.97 Å². The second kappa shape index (κ2) is 8.48. The number of aromatic nitrogens is 2. The molecule has 0 aliphatic rings. The summed E-state index contributed by atoms with van der Waals surface area (Å²) in [5.74, 6) is -0.862. The van der Waals surface area contributed by atoms with Crippen LogP contribution in [0.1, 0.15) is 23.6 Å². The molecular weight excluding hydrogens is 391 g/mol. The average molecular weight is 408 g/mol. The van der Waals surface area contributed by atoms with Crippen molar-refractivity contribution in [1.29, 1.82) is 0 Å². The average Bonchev–Trinajstić information content (AvgIpc) is 3.07. The number of H-pyrrole nitrogens is 1. The predicted molar refractivity (Wildman–Crippen MR) is 105 cm³/mol. The molecule has 2 aromatic heterocycles. The number of halogens is 4. The SMILES string of the molecule is C/C=C(\C=NC)c1cnc2[nH]cc(Cc3c(OC(F)F)ccc(F)c3Cl)c2c1. The van der Waals surface area contributed by atoms with E-state index in [1.54, 1.807) is 25.7 Å². The van der Waals surface area contributed by atoms with E-state index in [0.717, 1.165) is 34.2 Å². The summed E-state index contributed by atoms with van der Waals surface area (Å²) in [4.78, 5) is 11.4. The minimum absolute atomic E-state index is 0.0941. The molecule has 0 bridgehead atoms. The van der Waals surface area contributed by atoms with E-state index in [1.165, 1.54) is 0 Å². The van der Waals surface area contributed by atoms with E-state index in [4.69, 9.17) is 11.6 Å². The third-order valence-electron chi connectivity index (χ3n) is 4.27. The smallest absolute Gasteiger partial charge is 0.387 e. The molecule has 0 unspecified atom stereocenters. The van der Waals surface area contributed by atoms with Crippen LogP contribution < -0.4 is 4.74 Å². The maximum atomic E-state index is 13.9. The summed E-state index contributed by atoms with van der Waals surface area (Å²) < 4.78 is 43.9. The van der Waals surface area contributed by atoms with E-state index in [-0.39, 0.29) is 22.8 Å². The van der Waals surface area contributed by atoms with Crippen LogP contribution in [0.2, 0.25) is 5.02 Å². The van der Waals surface area contributed by atoms with Crippen LogP contribution in [0.4, 0.5) is 13.2 Å². The van der Waals surface area contributed by atoms with Crippen LogP contribution >= 0.6 is 11.6 Å². The van der Waals surface area contributed by atoms with E-state index in [0.29, 0.717) is 5.65 Å². The third-order valence-corrected chi connectivity index (χ3v) is 4.67. The van der Waals surface area contributed by atoms with Gasteiger partial charge in [-0.05, 0) is 36.3 Å². The summed E-state index contributed by atoms with van der Waals surface area (Å²) >= 11 is 6.04. The molecule has 0 fully saturated rings. The highest BCUT2D eigenvalue weighted by Crippen LogP contribution is 2.34. The first-order valence-electron chi connectivity index (χ1n) is 8.41. The van der Waals surface area contributed by atoms with Gasteiger partial charge in [-0.3, -0.25) is 4.99 Å². The molecule has 4 nitrogen and oxygen atoms in total. The van der Waals surface area contributed by atoms with Crippen LogP contribution in [0.3, 0.4) is 0 Å². The van der Waals surface area contributed by atoms with Gasteiger partial charge < -0.3 is 9.72 Å². The van der Waals surface area contributed by atoms with E-state index in [9.17, 15) is 13.2 Å². The highest BCUT2D eigenvalue weighted by atomic mass is 35.5. The summed E-state index contributed by atoms with van der Waals surface area (Å²) in [5, 5.41) is 0.522. The fourth-order valence-electron chi connectivity index (χ4n) is 2.95. The van der Waals surface area contributed by atoms with Crippen LogP contribution in [0.15, 0.2) is 41.7 Å². The zero-order valence-corrected chi connectivity index (χ0v) is 15.9. The van der Waals surface area contributed by atoms with Crippen molar-refractivity contribution < 1.29 is 17.9 Å². The van der Waals surface area contributed by atoms with Crippen LogP contribution in [-0.4, -0.2) is 29.8 Å². The molecule has 0 aliphatic carbocycles. The quantitative estimate of drug-likeness (QED) is 0.537. The number of rotatable bonds is 6. The number of hydrogen-bond acceptors (Lipinski definition) is 3. The zero-order chi connectivity index (χ0) is 20.3. The molecule has 3 aromatic rings. The van der Waals surface area contributed by atoms with Gasteiger partial charge in [-0.25, -0.2) is 9.37 Å². The maximum Gasteiger partial charge on any atom is 0.387 e. The summed E-state index contributed by atoms with van der Waals surface area (Å²) in [7, 11) is 1.67. The summed E-state index contributed by atoms with van der Waals surface area (Å²) in [6.07, 6.45) is 7.11. The van der Waals surface area contributed by atoms with Gasteiger partial charge in [-0.15, -0.1) is 0 Å². The lowest BCUT2D eigenvalue weighted by Gasteiger charge is -2.13. The Labute approximate surface area is 164 Å². The lowest BCUT2D eigenvalue weighted by Crippen LogP contribution is -2.06. The standard InChI is InChI=1S/C20H17ClF3N3O/c1-3-11(8-25-2)12-6-14-13(10-27-19(14)26-9-12)7-15-17(28-20(23)24)5-4-16(22)18(15)21/h3-6,8-10,20H,7H2,1-2H3,(H,26,27)/b11-3+,25-8?. The van der Waals surface area contributed by atoms with Gasteiger partial charge in [0, 0.05) is 48.6 Å². The van der Waals surface area contributed by atoms with E-state index in [1.807, 2.05) is 19.1 Å². The molecule has 0 radical (unpaired) electrons. The van der Waals surface area contributed by atoms with Crippen LogP contribution in [0, 0.1) is 5.82 Å². The second-order valence-corrected chi connectivity index (χ2v) is 6.34. The third kappa shape index (κ3) is 4.04. The Morgan fingerprint density at radius 3 is 2.86 bits per heavy atom. The van der Waals surface area contributed by atoms with Crippen LogP contribution in [0.5, 0.6) is 5.75 Å². The fourth-order valence-corrected chi connectivity index (χ4v) is 3.18. The molecule has 1 aromatic carbocycles. The molecule has 146 valence electrons. The summed E-state index contributed by atoms with van der Waals surface area (Å²) in [6, 6.07) is 4.06. The molecule has 3 rings (SSSR count). The van der Waals surface area contributed by atoms with Crippen molar-refractivity contribution in [3.05, 3.63) is 64.2 Å². The van der Waals surface area contributed by atoms with Crippen molar-refractivity contribution >= 4 is 34.4 Å². The van der Waals surface area contributed by atoms with Crippen molar-refractivity contribution in [3.8, 4) is 5.75 Å². The second-order valence-electron chi connectivity index (χ2n) is 5.96. The molecular formula is C20H17ClF3N3O. The number of alkyl halides is 2. The highest BCUT2D eigenvalue weighted by Gasteiger charge is 2.18. The lowest BCUT2D eigenvalue weighted by molar-refractivity contribution is -0.0504. The first-order valence-corrected chi connectivity index (χ1v) is 8.79. The number of allylic oxidation sites excluding steroid dienone is 2. The normalized spacial score (nSPS) is 12.5. The Morgan fingerprint density at radius 2 is 2.18 bits per heavy atom. The first kappa shape index (κ1) is 19.9. The van der Waals surface area contributed by atoms with E-state index < -0.39 is 12.4 Å². The number of aromatic amines is 1. The monoisotopic (exact) mass is 407 g/mol. The number of aliphatic imine (C=N–C) groups is 1. The molecule has 0 atom stereocenters. The largest absolute Gasteiger partial charge is 0.434 e. The molecule has 8 heteroatoms. The van der Waals surface area contributed by atoms with Crippen molar-refractivity contribution in [2.24, 2.45) is 4.99 Å². The molecule has 0 saturated carbocycles. The van der Waals surface area contributed by atoms with Crippen molar-refractivity contribution in [2.75, 3.05) is 7.05 Å². The Bertz CT molecular complexity index is 1060. The lowest BCUT2D eigenvalue weighted by atomic mass is 10.0. The molecule has 1 N–H and O–H groups in total. The number of ether oxygens (including phenoxy) is 1. The Kier molecular flexibility index (Phi) is 6.04. The van der Waals surface area contributed by atoms with E-state index in [2.05, 4.69) is 19.7 Å². The van der Waals surface area contributed by atoms with Gasteiger partial charge in [-0.2, -0.15) is 8.78 Å². The number of fused-ring (bicyclic) bond motifs is 1. The van der Waals surface area contributed by atoms with Crippen molar-refractivity contribution in [3.63, 3.8) is 0 Å². The van der Waals surface area contributed by atoms with Crippen LogP contribution in [0.25, 0.3) is 16.6 Å². The number of pyridine rings is 1. The van der Waals surface area contributed by atoms with Gasteiger partial charge in [-0.1, -0.05) is 17.7 Å². The minimum Gasteiger partial charge on any atom is -0.434 e. The Hall–Kier alpha value is -2.80. The maximum absolute atomic E-state index is 13.9. The number of hydrogen-bond donors (Lipinski definition) is 1. The van der Waals surface area contributed by atoms with Gasteiger partial charge in [0.2, 0.25) is 0 Å². The van der Waals surface area contributed by atoms with Gasteiger partial charge in [0.1, 0.15) is 17.2 Å². The summed E-state index contributed by atoms with van der Waals surface area (Å²) in [6.45, 7) is -1.15. The molecule has 0 saturated heterocycles. The molecule has 0 amide bonds. The van der Waals surface area contributed by atoms with Crippen molar-refractivity contribution in [2.45, 2.75) is 20.0 Å². The summed E-state index contributed by atoms with van der Waals surface area (Å²) in [5.41, 5.74) is 3.21. The van der Waals surface area contributed by atoms with Crippen LogP contribution in [-0.2, 0) is 6.42 Å². The zero-order valence-electron chi connectivity index (χ0n) is 15.1. The Balaban J connectivity index is 2.07. The molecule has 0 spiro atoms. The number of benzene rings is 1. The predicted octanol–water partition coefficient (Wildman–Crippen LogP) is 5.65. The number of nitrogens with one attached hydrogen (secondary N) is 1. The topological polar surface area (TPSA) is 50.3 Å². The molecule has 2 heterocycles. The highest BCUT2D eigenvalue weighted by molar-refractivity contribution is 6.31. The van der Waals surface area contributed by atoms with Gasteiger partial charge in [0.15, 0.2) is 0 Å². The minimum atomic E-state index is -3.04. The van der Waals surface area contributed by atoms with Gasteiger partial charge >= 0.3 is 6.61 Å². The van der Waals surface area contributed by atoms with Gasteiger partial charge in [0.05, 0.1) is 5.02 Å². The Morgan fingerprint density at radius 1 is 1.39 bits per heavy atom. The molecule has 0 aliphatic heterocycles. The van der Waals surface area contributed by atoms with E-state index >= 15 is 0 Å².